The summed E-state index contributed by atoms with van der Waals surface area (Å²) in [5.74, 6) is 1.90. The molecule has 0 bridgehead atoms. The van der Waals surface area contributed by atoms with Crippen LogP contribution >= 0.6 is 0 Å². The van der Waals surface area contributed by atoms with Crippen molar-refractivity contribution < 1.29 is 4.74 Å². The van der Waals surface area contributed by atoms with Crippen molar-refractivity contribution in [2.24, 2.45) is 0 Å². The fourth-order valence-corrected chi connectivity index (χ4v) is 1.86. The van der Waals surface area contributed by atoms with Gasteiger partial charge in [-0.1, -0.05) is 18.2 Å². The van der Waals surface area contributed by atoms with Crippen LogP contribution in [0.3, 0.4) is 0 Å². The highest BCUT2D eigenvalue weighted by molar-refractivity contribution is 5.38. The number of anilines is 1. The van der Waals surface area contributed by atoms with Crippen LogP contribution in [0.5, 0.6) is 5.75 Å². The lowest BCUT2D eigenvalue weighted by molar-refractivity contribution is 0.325. The van der Waals surface area contributed by atoms with Gasteiger partial charge in [-0.25, -0.2) is 4.98 Å². The number of hydrogen-bond donors (Lipinski definition) is 0. The fraction of sp³-hybridized carbons (Fsp3) is 0.312. The molecule has 3 nitrogen and oxygen atoms in total. The first-order chi connectivity index (χ1) is 9.15. The van der Waals surface area contributed by atoms with Gasteiger partial charge < -0.3 is 9.64 Å². The van der Waals surface area contributed by atoms with E-state index in [1.165, 1.54) is 5.56 Å². The molecule has 0 aliphatic heterocycles. The van der Waals surface area contributed by atoms with E-state index >= 15 is 0 Å². The molecule has 100 valence electrons. The van der Waals surface area contributed by atoms with Crippen LogP contribution < -0.4 is 9.64 Å². The second-order valence-electron chi connectivity index (χ2n) is 4.72. The third kappa shape index (κ3) is 3.98. The molecule has 1 aromatic carbocycles. The van der Waals surface area contributed by atoms with E-state index in [4.69, 9.17) is 4.74 Å². The molecular weight excluding hydrogens is 236 g/mol. The molecular formula is C16H20N2O. The van der Waals surface area contributed by atoms with Crippen molar-refractivity contribution in [2.75, 3.05) is 25.1 Å². The number of likely N-dealkylation sites (N-methyl/N-ethyl adjacent to an activating group) is 1. The Bertz CT molecular complexity index is 540. The van der Waals surface area contributed by atoms with E-state index < -0.39 is 0 Å². The third-order valence-electron chi connectivity index (χ3n) is 2.95. The van der Waals surface area contributed by atoms with Gasteiger partial charge in [0.25, 0.3) is 0 Å². The molecule has 0 N–H and O–H groups in total. The minimum atomic E-state index is 0.648. The maximum atomic E-state index is 5.74. The first-order valence-electron chi connectivity index (χ1n) is 6.49. The van der Waals surface area contributed by atoms with Gasteiger partial charge >= 0.3 is 0 Å². The van der Waals surface area contributed by atoms with E-state index in [2.05, 4.69) is 22.9 Å². The maximum absolute atomic E-state index is 5.74. The Balaban J connectivity index is 1.85. The molecule has 2 aromatic rings. The van der Waals surface area contributed by atoms with Crippen LogP contribution in [0.25, 0.3) is 0 Å². The van der Waals surface area contributed by atoms with Gasteiger partial charge in [0, 0.05) is 12.7 Å². The second kappa shape index (κ2) is 6.23. The fourth-order valence-electron chi connectivity index (χ4n) is 1.86. The maximum Gasteiger partial charge on any atom is 0.128 e. The highest BCUT2D eigenvalue weighted by Crippen LogP contribution is 2.13. The highest BCUT2D eigenvalue weighted by atomic mass is 16.5. The summed E-state index contributed by atoms with van der Waals surface area (Å²) in [5.41, 5.74) is 2.25. The molecule has 0 unspecified atom stereocenters. The molecule has 1 aromatic heterocycles. The predicted octanol–water partition coefficient (Wildman–Crippen LogP) is 3.21. The number of nitrogens with zero attached hydrogens (tertiary/aromatic N) is 2. The minimum absolute atomic E-state index is 0.648. The lowest BCUT2D eigenvalue weighted by atomic mass is 10.2. The van der Waals surface area contributed by atoms with Crippen LogP contribution in [-0.2, 0) is 0 Å². The van der Waals surface area contributed by atoms with Gasteiger partial charge in [-0.05, 0) is 43.7 Å². The molecule has 19 heavy (non-hydrogen) atoms. The number of ether oxygens (including phenoxy) is 1. The van der Waals surface area contributed by atoms with Crippen molar-refractivity contribution >= 4 is 5.82 Å². The standard InChI is InChI=1S/C16H20N2O/c1-13-6-4-8-15(12-13)19-11-10-18(3)16-9-5-7-14(2)17-16/h4-9,12H,10-11H2,1-3H3. The first kappa shape index (κ1) is 13.4. The van der Waals surface area contributed by atoms with Gasteiger partial charge in [0.05, 0.1) is 6.54 Å². The number of hydrogen-bond acceptors (Lipinski definition) is 3. The Kier molecular flexibility index (Phi) is 4.39. The number of pyridine rings is 1. The molecule has 0 fully saturated rings. The zero-order valence-corrected chi connectivity index (χ0v) is 11.8. The molecule has 0 saturated heterocycles. The summed E-state index contributed by atoms with van der Waals surface area (Å²) >= 11 is 0. The number of benzene rings is 1. The van der Waals surface area contributed by atoms with Crippen LogP contribution in [0.4, 0.5) is 5.82 Å². The van der Waals surface area contributed by atoms with Gasteiger partial charge in [0.1, 0.15) is 18.2 Å². The van der Waals surface area contributed by atoms with Crippen molar-refractivity contribution in [1.29, 1.82) is 0 Å². The van der Waals surface area contributed by atoms with E-state index in [0.717, 1.165) is 23.8 Å². The summed E-state index contributed by atoms with van der Waals surface area (Å²) in [7, 11) is 2.03. The average molecular weight is 256 g/mol. The Morgan fingerprint density at radius 2 is 1.89 bits per heavy atom. The zero-order chi connectivity index (χ0) is 13.7. The second-order valence-corrected chi connectivity index (χ2v) is 4.72. The van der Waals surface area contributed by atoms with E-state index in [1.807, 2.05) is 50.4 Å². The number of aromatic nitrogens is 1. The molecule has 0 amide bonds. The Labute approximate surface area is 114 Å². The largest absolute Gasteiger partial charge is 0.492 e. The predicted molar refractivity (Wildman–Crippen MR) is 78.9 cm³/mol. The van der Waals surface area contributed by atoms with Crippen LogP contribution in [0.1, 0.15) is 11.3 Å². The number of aryl methyl sites for hydroxylation is 2. The quantitative estimate of drug-likeness (QED) is 0.821. The smallest absolute Gasteiger partial charge is 0.128 e. The van der Waals surface area contributed by atoms with Crippen molar-refractivity contribution in [3.63, 3.8) is 0 Å². The molecule has 0 aliphatic carbocycles. The van der Waals surface area contributed by atoms with Gasteiger partial charge in [-0.15, -0.1) is 0 Å². The molecule has 0 saturated carbocycles. The Morgan fingerprint density at radius 3 is 2.63 bits per heavy atom. The number of rotatable bonds is 5. The van der Waals surface area contributed by atoms with E-state index in [9.17, 15) is 0 Å². The van der Waals surface area contributed by atoms with Gasteiger partial charge in [-0.2, -0.15) is 0 Å². The van der Waals surface area contributed by atoms with E-state index in [-0.39, 0.29) is 0 Å². The summed E-state index contributed by atoms with van der Waals surface area (Å²) in [4.78, 5) is 6.58. The van der Waals surface area contributed by atoms with Crippen molar-refractivity contribution in [3.05, 3.63) is 53.7 Å². The summed E-state index contributed by atoms with van der Waals surface area (Å²) in [6.07, 6.45) is 0. The molecule has 0 radical (unpaired) electrons. The van der Waals surface area contributed by atoms with Crippen LogP contribution in [0.15, 0.2) is 42.5 Å². The summed E-state index contributed by atoms with van der Waals surface area (Å²) in [6, 6.07) is 14.1. The first-order valence-corrected chi connectivity index (χ1v) is 6.49. The summed E-state index contributed by atoms with van der Waals surface area (Å²) in [5, 5.41) is 0. The monoisotopic (exact) mass is 256 g/mol. The van der Waals surface area contributed by atoms with Crippen molar-refractivity contribution in [3.8, 4) is 5.75 Å². The van der Waals surface area contributed by atoms with Crippen LogP contribution in [0, 0.1) is 13.8 Å². The highest BCUT2D eigenvalue weighted by Gasteiger charge is 2.02. The molecule has 0 aliphatic rings. The topological polar surface area (TPSA) is 25.4 Å². The summed E-state index contributed by atoms with van der Waals surface area (Å²) in [6.45, 7) is 5.52. The zero-order valence-electron chi connectivity index (χ0n) is 11.8. The van der Waals surface area contributed by atoms with Crippen LogP contribution in [0.2, 0.25) is 0 Å². The van der Waals surface area contributed by atoms with E-state index in [1.54, 1.807) is 0 Å². The Morgan fingerprint density at radius 1 is 1.11 bits per heavy atom. The summed E-state index contributed by atoms with van der Waals surface area (Å²) < 4.78 is 5.74. The van der Waals surface area contributed by atoms with Crippen molar-refractivity contribution in [2.45, 2.75) is 13.8 Å². The molecule has 0 spiro atoms. The van der Waals surface area contributed by atoms with Crippen molar-refractivity contribution in [1.82, 2.24) is 4.98 Å². The lowest BCUT2D eigenvalue weighted by Gasteiger charge is -2.18. The molecule has 0 atom stereocenters. The van der Waals surface area contributed by atoms with E-state index in [0.29, 0.717) is 6.61 Å². The average Bonchev–Trinajstić information content (AvgIpc) is 2.38. The minimum Gasteiger partial charge on any atom is -0.492 e. The van der Waals surface area contributed by atoms with Gasteiger partial charge in [-0.3, -0.25) is 0 Å². The third-order valence-corrected chi connectivity index (χ3v) is 2.95. The molecule has 3 heteroatoms. The molecule has 1 heterocycles. The Hall–Kier alpha value is -2.03. The van der Waals surface area contributed by atoms with Gasteiger partial charge in [0.2, 0.25) is 0 Å². The lowest BCUT2D eigenvalue weighted by Crippen LogP contribution is -2.24. The normalized spacial score (nSPS) is 10.3. The van der Waals surface area contributed by atoms with Crippen LogP contribution in [-0.4, -0.2) is 25.2 Å². The molecule has 2 rings (SSSR count). The van der Waals surface area contributed by atoms with Gasteiger partial charge in [0.15, 0.2) is 0 Å². The SMILES string of the molecule is Cc1cccc(OCCN(C)c2cccc(C)n2)c1.